The van der Waals surface area contributed by atoms with E-state index in [1.807, 2.05) is 0 Å². The van der Waals surface area contributed by atoms with Crippen LogP contribution in [0.4, 0.5) is 14.9 Å². The summed E-state index contributed by atoms with van der Waals surface area (Å²) in [5.74, 6) is -0.710. The van der Waals surface area contributed by atoms with Gasteiger partial charge in [-0.2, -0.15) is 0 Å². The van der Waals surface area contributed by atoms with Crippen molar-refractivity contribution in [3.8, 4) is 0 Å². The number of rotatable bonds is 5. The largest absolute Gasteiger partial charge is 0.444 e. The summed E-state index contributed by atoms with van der Waals surface area (Å²) in [7, 11) is 0. The van der Waals surface area contributed by atoms with Gasteiger partial charge in [0.05, 0.1) is 10.5 Å². The SMILES string of the molecule is CC(C)(C)OC(=O)NC(CN)Cc1c(F)cccc1[N+](=O)[O-]. The third kappa shape index (κ3) is 5.28. The molecule has 22 heavy (non-hydrogen) atoms. The molecule has 0 saturated heterocycles. The van der Waals surface area contributed by atoms with E-state index < -0.39 is 28.5 Å². The lowest BCUT2D eigenvalue weighted by Gasteiger charge is -2.23. The summed E-state index contributed by atoms with van der Waals surface area (Å²) in [5, 5.41) is 13.4. The van der Waals surface area contributed by atoms with Crippen molar-refractivity contribution in [3.05, 3.63) is 39.7 Å². The summed E-state index contributed by atoms with van der Waals surface area (Å²) in [6.45, 7) is 5.09. The molecule has 7 nitrogen and oxygen atoms in total. The molecule has 1 amide bonds. The van der Waals surface area contributed by atoms with Crippen molar-refractivity contribution in [2.75, 3.05) is 6.54 Å². The molecule has 0 aliphatic heterocycles. The molecule has 1 aromatic carbocycles. The number of nitrogens with zero attached hydrogens (tertiary/aromatic N) is 1. The van der Waals surface area contributed by atoms with Gasteiger partial charge in [-0.05, 0) is 26.8 Å². The predicted molar refractivity (Wildman–Crippen MR) is 79.0 cm³/mol. The van der Waals surface area contributed by atoms with Crippen molar-refractivity contribution >= 4 is 11.8 Å². The van der Waals surface area contributed by atoms with Crippen LogP contribution >= 0.6 is 0 Å². The lowest BCUT2D eigenvalue weighted by molar-refractivity contribution is -0.385. The number of nitrogens with one attached hydrogen (secondary N) is 1. The molecule has 1 rings (SSSR count). The molecule has 0 aliphatic carbocycles. The quantitative estimate of drug-likeness (QED) is 0.639. The van der Waals surface area contributed by atoms with E-state index >= 15 is 0 Å². The summed E-state index contributed by atoms with van der Waals surface area (Å²) < 4.78 is 18.9. The number of nitro groups is 1. The number of hydrogen-bond donors (Lipinski definition) is 2. The Bertz CT molecular complexity index is 558. The second kappa shape index (κ2) is 7.17. The van der Waals surface area contributed by atoms with Gasteiger partial charge < -0.3 is 15.8 Å². The molecule has 1 atom stereocenters. The number of amides is 1. The van der Waals surface area contributed by atoms with Crippen LogP contribution in [0.3, 0.4) is 0 Å². The molecule has 0 spiro atoms. The summed E-state index contributed by atoms with van der Waals surface area (Å²) in [4.78, 5) is 22.0. The highest BCUT2D eigenvalue weighted by Gasteiger charge is 2.24. The van der Waals surface area contributed by atoms with Gasteiger partial charge in [-0.15, -0.1) is 0 Å². The number of alkyl carbamates (subject to hydrolysis) is 1. The van der Waals surface area contributed by atoms with Gasteiger partial charge in [-0.1, -0.05) is 6.07 Å². The van der Waals surface area contributed by atoms with Crippen molar-refractivity contribution in [3.63, 3.8) is 0 Å². The molecule has 0 aromatic heterocycles. The topological polar surface area (TPSA) is 107 Å². The number of carbonyl (C=O) groups excluding carboxylic acids is 1. The lowest BCUT2D eigenvalue weighted by Crippen LogP contribution is -2.44. The number of benzene rings is 1. The fourth-order valence-electron chi connectivity index (χ4n) is 1.83. The number of nitro benzene ring substituents is 1. The number of ether oxygens (including phenoxy) is 1. The molecular weight excluding hydrogens is 293 g/mol. The third-order valence-corrected chi connectivity index (χ3v) is 2.75. The number of carbonyl (C=O) groups is 1. The Kier molecular flexibility index (Phi) is 5.81. The number of hydrogen-bond acceptors (Lipinski definition) is 5. The molecule has 0 saturated carbocycles. The minimum atomic E-state index is -0.710. The summed E-state index contributed by atoms with van der Waals surface area (Å²) in [5.41, 5.74) is 4.42. The minimum absolute atomic E-state index is 0.00920. The van der Waals surface area contributed by atoms with Gasteiger partial charge >= 0.3 is 6.09 Å². The first-order chi connectivity index (χ1) is 10.1. The second-order valence-corrected chi connectivity index (χ2v) is 5.78. The molecule has 0 aliphatic rings. The van der Waals surface area contributed by atoms with Crippen LogP contribution in [0.1, 0.15) is 26.3 Å². The number of halogens is 1. The average Bonchev–Trinajstić information content (AvgIpc) is 2.37. The van der Waals surface area contributed by atoms with Crippen LogP contribution in [0.25, 0.3) is 0 Å². The summed E-state index contributed by atoms with van der Waals surface area (Å²) in [6, 6.07) is 2.92. The Morgan fingerprint density at radius 2 is 2.14 bits per heavy atom. The lowest BCUT2D eigenvalue weighted by atomic mass is 10.0. The van der Waals surface area contributed by atoms with E-state index in [1.54, 1.807) is 20.8 Å². The van der Waals surface area contributed by atoms with Crippen molar-refractivity contribution in [1.29, 1.82) is 0 Å². The van der Waals surface area contributed by atoms with Crippen LogP contribution < -0.4 is 11.1 Å². The van der Waals surface area contributed by atoms with Gasteiger partial charge in [0.2, 0.25) is 0 Å². The van der Waals surface area contributed by atoms with E-state index in [0.29, 0.717) is 0 Å². The smallest absolute Gasteiger partial charge is 0.407 e. The van der Waals surface area contributed by atoms with Crippen molar-refractivity contribution < 1.29 is 18.8 Å². The zero-order chi connectivity index (χ0) is 16.9. The van der Waals surface area contributed by atoms with Crippen LogP contribution in [0.15, 0.2) is 18.2 Å². The van der Waals surface area contributed by atoms with Gasteiger partial charge in [-0.3, -0.25) is 10.1 Å². The highest BCUT2D eigenvalue weighted by molar-refractivity contribution is 5.68. The predicted octanol–water partition coefficient (Wildman–Crippen LogP) is 2.13. The molecule has 3 N–H and O–H groups in total. The minimum Gasteiger partial charge on any atom is -0.444 e. The van der Waals surface area contributed by atoms with Crippen LogP contribution in [0.2, 0.25) is 0 Å². The standard InChI is InChI=1S/C14H20FN3O4/c1-14(2,3)22-13(19)17-9(8-16)7-10-11(15)5-4-6-12(10)18(20)21/h4-6,9H,7-8,16H2,1-3H3,(H,17,19). The van der Waals surface area contributed by atoms with Gasteiger partial charge in [0.15, 0.2) is 0 Å². The Hall–Kier alpha value is -2.22. The van der Waals surface area contributed by atoms with E-state index in [-0.39, 0.29) is 24.2 Å². The molecule has 0 heterocycles. The highest BCUT2D eigenvalue weighted by atomic mass is 19.1. The van der Waals surface area contributed by atoms with Crippen LogP contribution in [0.5, 0.6) is 0 Å². The van der Waals surface area contributed by atoms with E-state index in [0.717, 1.165) is 6.07 Å². The maximum absolute atomic E-state index is 13.8. The van der Waals surface area contributed by atoms with E-state index in [2.05, 4.69) is 5.32 Å². The Morgan fingerprint density at radius 3 is 2.64 bits per heavy atom. The molecule has 1 unspecified atom stereocenters. The summed E-state index contributed by atoms with van der Waals surface area (Å²) in [6.07, 6.45) is -0.805. The van der Waals surface area contributed by atoms with E-state index in [1.165, 1.54) is 12.1 Å². The van der Waals surface area contributed by atoms with Gasteiger partial charge in [0.25, 0.3) is 5.69 Å². The van der Waals surface area contributed by atoms with E-state index in [9.17, 15) is 19.3 Å². The zero-order valence-electron chi connectivity index (χ0n) is 12.8. The fourth-order valence-corrected chi connectivity index (χ4v) is 1.83. The molecule has 122 valence electrons. The van der Waals surface area contributed by atoms with Crippen LogP contribution in [-0.2, 0) is 11.2 Å². The maximum atomic E-state index is 13.8. The molecule has 1 aromatic rings. The maximum Gasteiger partial charge on any atom is 0.407 e. The molecule has 8 heteroatoms. The highest BCUT2D eigenvalue weighted by Crippen LogP contribution is 2.22. The molecule has 0 radical (unpaired) electrons. The monoisotopic (exact) mass is 313 g/mol. The first kappa shape index (κ1) is 17.8. The van der Waals surface area contributed by atoms with Gasteiger partial charge in [0.1, 0.15) is 11.4 Å². The first-order valence-electron chi connectivity index (χ1n) is 6.75. The second-order valence-electron chi connectivity index (χ2n) is 5.78. The van der Waals surface area contributed by atoms with Crippen LogP contribution in [0, 0.1) is 15.9 Å². The average molecular weight is 313 g/mol. The van der Waals surface area contributed by atoms with Crippen molar-refractivity contribution in [2.45, 2.75) is 38.8 Å². The molecule has 0 fully saturated rings. The third-order valence-electron chi connectivity index (χ3n) is 2.75. The van der Waals surface area contributed by atoms with Crippen molar-refractivity contribution in [1.82, 2.24) is 5.32 Å². The molecular formula is C14H20FN3O4. The van der Waals surface area contributed by atoms with Gasteiger partial charge in [0, 0.05) is 25.1 Å². The normalized spacial score (nSPS) is 12.6. The summed E-state index contributed by atoms with van der Waals surface area (Å²) >= 11 is 0. The zero-order valence-corrected chi connectivity index (χ0v) is 12.8. The Balaban J connectivity index is 2.87. The Labute approximate surface area is 127 Å². The Morgan fingerprint density at radius 1 is 1.50 bits per heavy atom. The van der Waals surface area contributed by atoms with E-state index in [4.69, 9.17) is 10.5 Å². The first-order valence-corrected chi connectivity index (χ1v) is 6.75. The number of nitrogens with two attached hydrogens (primary N) is 1. The van der Waals surface area contributed by atoms with Gasteiger partial charge in [-0.25, -0.2) is 9.18 Å². The fraction of sp³-hybridized carbons (Fsp3) is 0.500. The van der Waals surface area contributed by atoms with Crippen molar-refractivity contribution in [2.24, 2.45) is 5.73 Å². The van der Waals surface area contributed by atoms with Crippen LogP contribution in [-0.4, -0.2) is 29.2 Å². The molecule has 0 bridgehead atoms.